The fourth-order valence-corrected chi connectivity index (χ4v) is 3.89. The lowest BCUT2D eigenvalue weighted by atomic mass is 9.91. The predicted octanol–water partition coefficient (Wildman–Crippen LogP) is 4.29. The van der Waals surface area contributed by atoms with Crippen LogP contribution in [0.15, 0.2) is 48.5 Å². The molecule has 0 radical (unpaired) electrons. The molecule has 1 fully saturated rings. The van der Waals surface area contributed by atoms with Gasteiger partial charge in [-0.3, -0.25) is 9.69 Å². The van der Waals surface area contributed by atoms with E-state index in [9.17, 15) is 9.90 Å². The van der Waals surface area contributed by atoms with Crippen LogP contribution in [0.5, 0.6) is 0 Å². The van der Waals surface area contributed by atoms with Crippen LogP contribution in [0.1, 0.15) is 30.0 Å². The number of hydrogen-bond acceptors (Lipinski definition) is 3. The topological polar surface area (TPSA) is 43.8 Å². The lowest BCUT2D eigenvalue weighted by Crippen LogP contribution is -2.41. The molecule has 5 heteroatoms. The molecule has 0 bridgehead atoms. The molecule has 3 rings (SSSR count). The van der Waals surface area contributed by atoms with Crippen molar-refractivity contribution < 1.29 is 9.90 Å². The Labute approximate surface area is 160 Å². The maximum atomic E-state index is 11.5. The van der Waals surface area contributed by atoms with Crippen molar-refractivity contribution in [3.63, 3.8) is 0 Å². The summed E-state index contributed by atoms with van der Waals surface area (Å²) >= 11 is 6.24. The Hall–Kier alpha value is -2.04. The molecule has 2 aromatic carbocycles. The number of benzene rings is 2. The SMILES string of the molecule is CN(C)c1ccc(C(c2cccc(Cl)c2)N2CCCC(C(=O)O)C2)cc1. The van der Waals surface area contributed by atoms with Gasteiger partial charge in [-0.25, -0.2) is 0 Å². The zero-order chi connectivity index (χ0) is 18.7. The van der Waals surface area contributed by atoms with E-state index in [1.54, 1.807) is 0 Å². The number of piperidine rings is 1. The van der Waals surface area contributed by atoms with E-state index in [0.29, 0.717) is 11.6 Å². The predicted molar refractivity (Wildman–Crippen MR) is 106 cm³/mol. The quantitative estimate of drug-likeness (QED) is 0.850. The molecular formula is C21H25ClN2O2. The standard InChI is InChI=1S/C21H25ClN2O2/c1-23(2)19-10-8-15(9-11-19)20(16-5-3-7-18(22)13-16)24-12-4-6-17(14-24)21(25)26/h3,5,7-11,13,17,20H,4,6,12,14H2,1-2H3,(H,25,26). The normalized spacial score (nSPS) is 19.1. The zero-order valence-corrected chi connectivity index (χ0v) is 16.0. The molecular weight excluding hydrogens is 348 g/mol. The third kappa shape index (κ3) is 4.19. The number of hydrogen-bond donors (Lipinski definition) is 1. The van der Waals surface area contributed by atoms with Crippen molar-refractivity contribution in [2.45, 2.75) is 18.9 Å². The van der Waals surface area contributed by atoms with Crippen LogP contribution in [0.25, 0.3) is 0 Å². The van der Waals surface area contributed by atoms with Gasteiger partial charge in [-0.1, -0.05) is 35.9 Å². The highest BCUT2D eigenvalue weighted by Gasteiger charge is 2.31. The van der Waals surface area contributed by atoms with Gasteiger partial charge in [0, 0.05) is 31.4 Å². The van der Waals surface area contributed by atoms with Gasteiger partial charge in [0.25, 0.3) is 0 Å². The number of rotatable bonds is 5. The number of aliphatic carboxylic acids is 1. The highest BCUT2D eigenvalue weighted by Crippen LogP contribution is 2.34. The van der Waals surface area contributed by atoms with Crippen LogP contribution in [-0.2, 0) is 4.79 Å². The number of nitrogens with zero attached hydrogens (tertiary/aromatic N) is 2. The molecule has 2 aromatic rings. The minimum absolute atomic E-state index is 0.00654. The minimum atomic E-state index is -0.706. The van der Waals surface area contributed by atoms with E-state index < -0.39 is 5.97 Å². The molecule has 1 aliphatic heterocycles. The van der Waals surface area contributed by atoms with Gasteiger partial charge >= 0.3 is 5.97 Å². The third-order valence-electron chi connectivity index (χ3n) is 5.06. The number of anilines is 1. The largest absolute Gasteiger partial charge is 0.481 e. The highest BCUT2D eigenvalue weighted by atomic mass is 35.5. The molecule has 0 aromatic heterocycles. The summed E-state index contributed by atoms with van der Waals surface area (Å²) in [6.45, 7) is 1.44. The minimum Gasteiger partial charge on any atom is -0.481 e. The number of likely N-dealkylation sites (tertiary alicyclic amines) is 1. The zero-order valence-electron chi connectivity index (χ0n) is 15.2. The van der Waals surface area contributed by atoms with Crippen LogP contribution in [0.2, 0.25) is 5.02 Å². The van der Waals surface area contributed by atoms with Crippen molar-refractivity contribution in [1.29, 1.82) is 0 Å². The summed E-state index contributed by atoms with van der Waals surface area (Å²) in [7, 11) is 4.04. The molecule has 2 unspecified atom stereocenters. The maximum absolute atomic E-state index is 11.5. The smallest absolute Gasteiger partial charge is 0.307 e. The summed E-state index contributed by atoms with van der Waals surface area (Å²) in [6, 6.07) is 16.3. The second kappa shape index (κ2) is 8.11. The summed E-state index contributed by atoms with van der Waals surface area (Å²) in [5.74, 6) is -1.02. The van der Waals surface area contributed by atoms with E-state index in [-0.39, 0.29) is 12.0 Å². The van der Waals surface area contributed by atoms with Crippen LogP contribution < -0.4 is 4.90 Å². The van der Waals surface area contributed by atoms with Gasteiger partial charge in [0.1, 0.15) is 0 Å². The third-order valence-corrected chi connectivity index (χ3v) is 5.29. The van der Waals surface area contributed by atoms with Crippen molar-refractivity contribution in [2.75, 3.05) is 32.1 Å². The van der Waals surface area contributed by atoms with Crippen LogP contribution >= 0.6 is 11.6 Å². The molecule has 0 aliphatic carbocycles. The van der Waals surface area contributed by atoms with E-state index in [0.717, 1.165) is 36.2 Å². The van der Waals surface area contributed by atoms with E-state index in [2.05, 4.69) is 40.1 Å². The van der Waals surface area contributed by atoms with Gasteiger partial charge in [0.2, 0.25) is 0 Å². The molecule has 4 nitrogen and oxygen atoms in total. The monoisotopic (exact) mass is 372 g/mol. The second-order valence-corrected chi connectivity index (χ2v) is 7.55. The maximum Gasteiger partial charge on any atom is 0.307 e. The average Bonchev–Trinajstić information content (AvgIpc) is 2.63. The van der Waals surface area contributed by atoms with Gasteiger partial charge in [-0.05, 0) is 54.8 Å². The van der Waals surface area contributed by atoms with Crippen molar-refractivity contribution in [2.24, 2.45) is 5.92 Å². The summed E-state index contributed by atoms with van der Waals surface area (Å²) in [5, 5.41) is 10.2. The molecule has 138 valence electrons. The first kappa shape index (κ1) is 18.7. The average molecular weight is 373 g/mol. The van der Waals surface area contributed by atoms with Gasteiger partial charge in [0.05, 0.1) is 12.0 Å². The Bertz CT molecular complexity index is 761. The van der Waals surface area contributed by atoms with E-state index in [4.69, 9.17) is 11.6 Å². The van der Waals surface area contributed by atoms with Gasteiger partial charge in [0.15, 0.2) is 0 Å². The van der Waals surface area contributed by atoms with Crippen molar-refractivity contribution in [3.05, 3.63) is 64.7 Å². The second-order valence-electron chi connectivity index (χ2n) is 7.12. The molecule has 1 aliphatic rings. The Morgan fingerprint density at radius 2 is 1.92 bits per heavy atom. The van der Waals surface area contributed by atoms with Crippen molar-refractivity contribution in [1.82, 2.24) is 4.90 Å². The van der Waals surface area contributed by atoms with Crippen LogP contribution in [-0.4, -0.2) is 43.2 Å². The van der Waals surface area contributed by atoms with Crippen molar-refractivity contribution >= 4 is 23.3 Å². The summed E-state index contributed by atoms with van der Waals surface area (Å²) < 4.78 is 0. The number of halogens is 1. The summed E-state index contributed by atoms with van der Waals surface area (Å²) in [4.78, 5) is 15.9. The Morgan fingerprint density at radius 1 is 1.19 bits per heavy atom. The van der Waals surface area contributed by atoms with Crippen LogP contribution in [0.4, 0.5) is 5.69 Å². The fourth-order valence-electron chi connectivity index (χ4n) is 3.69. The first-order valence-electron chi connectivity index (χ1n) is 8.95. The number of carboxylic acids is 1. The molecule has 26 heavy (non-hydrogen) atoms. The number of carbonyl (C=O) groups is 1. The highest BCUT2D eigenvalue weighted by molar-refractivity contribution is 6.30. The van der Waals surface area contributed by atoms with Gasteiger partial charge in [-0.2, -0.15) is 0 Å². The molecule has 1 heterocycles. The molecule has 0 saturated carbocycles. The molecule has 2 atom stereocenters. The molecule has 0 spiro atoms. The first-order chi connectivity index (χ1) is 12.5. The molecule has 1 saturated heterocycles. The Morgan fingerprint density at radius 3 is 2.54 bits per heavy atom. The van der Waals surface area contributed by atoms with E-state index in [1.807, 2.05) is 32.3 Å². The van der Waals surface area contributed by atoms with Gasteiger partial charge in [-0.15, -0.1) is 0 Å². The summed E-state index contributed by atoms with van der Waals surface area (Å²) in [6.07, 6.45) is 1.64. The fraction of sp³-hybridized carbons (Fsp3) is 0.381. The Kier molecular flexibility index (Phi) is 5.84. The van der Waals surface area contributed by atoms with E-state index >= 15 is 0 Å². The Balaban J connectivity index is 1.97. The summed E-state index contributed by atoms with van der Waals surface area (Å²) in [5.41, 5.74) is 3.39. The van der Waals surface area contributed by atoms with Crippen LogP contribution in [0, 0.1) is 5.92 Å². The van der Waals surface area contributed by atoms with E-state index in [1.165, 1.54) is 0 Å². The molecule has 1 N–H and O–H groups in total. The lowest BCUT2D eigenvalue weighted by molar-refractivity contribution is -0.143. The molecule has 0 amide bonds. The van der Waals surface area contributed by atoms with Crippen LogP contribution in [0.3, 0.4) is 0 Å². The van der Waals surface area contributed by atoms with Gasteiger partial charge < -0.3 is 10.0 Å². The van der Waals surface area contributed by atoms with Crippen molar-refractivity contribution in [3.8, 4) is 0 Å². The lowest BCUT2D eigenvalue weighted by Gasteiger charge is -2.37. The number of carboxylic acid groups (broad SMARTS) is 1. The first-order valence-corrected chi connectivity index (χ1v) is 9.33.